The van der Waals surface area contributed by atoms with Crippen LogP contribution in [-0.2, 0) is 0 Å². The fourth-order valence-electron chi connectivity index (χ4n) is 3.15. The molecule has 31 heavy (non-hydrogen) atoms. The Labute approximate surface area is 185 Å². The molecule has 158 valence electrons. The highest BCUT2D eigenvalue weighted by Gasteiger charge is 2.10. The predicted octanol–water partition coefficient (Wildman–Crippen LogP) is 4.08. The summed E-state index contributed by atoms with van der Waals surface area (Å²) in [7, 11) is 3.94. The number of carbonyl (C=O) groups is 1. The number of likely N-dealkylation sites (N-methyl/N-ethyl adjacent to an activating group) is 1. The van der Waals surface area contributed by atoms with Crippen molar-refractivity contribution in [3.8, 4) is 11.3 Å². The van der Waals surface area contributed by atoms with Crippen molar-refractivity contribution in [2.24, 2.45) is 0 Å². The van der Waals surface area contributed by atoms with E-state index in [4.69, 9.17) is 11.6 Å². The van der Waals surface area contributed by atoms with Gasteiger partial charge in [0.2, 0.25) is 5.95 Å². The van der Waals surface area contributed by atoms with Crippen molar-refractivity contribution >= 4 is 34.8 Å². The Morgan fingerprint density at radius 2 is 1.84 bits per heavy atom. The van der Waals surface area contributed by atoms with Crippen molar-refractivity contribution in [3.05, 3.63) is 77.3 Å². The van der Waals surface area contributed by atoms with E-state index in [1.54, 1.807) is 16.6 Å². The second-order valence-electron chi connectivity index (χ2n) is 7.39. The molecule has 4 aromatic rings. The van der Waals surface area contributed by atoms with Gasteiger partial charge in [0.05, 0.1) is 5.69 Å². The van der Waals surface area contributed by atoms with E-state index < -0.39 is 0 Å². The molecule has 0 atom stereocenters. The molecule has 0 aliphatic rings. The van der Waals surface area contributed by atoms with E-state index in [1.807, 2.05) is 73.6 Å². The molecule has 0 radical (unpaired) electrons. The number of nitrogens with one attached hydrogen (secondary N) is 2. The quantitative estimate of drug-likeness (QED) is 0.458. The Balaban J connectivity index is 1.50. The number of rotatable bonds is 7. The Kier molecular flexibility index (Phi) is 6.16. The van der Waals surface area contributed by atoms with Gasteiger partial charge >= 0.3 is 0 Å². The molecular weight excluding hydrogens is 412 g/mol. The SMILES string of the molecule is CN(C)CCNC(=O)c1ccc(Nc2nc3cccc(-c4cccc(Cl)c4)n3n2)cc1. The zero-order valence-electron chi connectivity index (χ0n) is 17.3. The second-order valence-corrected chi connectivity index (χ2v) is 7.82. The number of anilines is 2. The first-order valence-corrected chi connectivity index (χ1v) is 10.3. The third-order valence-electron chi connectivity index (χ3n) is 4.73. The summed E-state index contributed by atoms with van der Waals surface area (Å²) in [6, 6.07) is 20.7. The summed E-state index contributed by atoms with van der Waals surface area (Å²) in [4.78, 5) is 18.8. The lowest BCUT2D eigenvalue weighted by Crippen LogP contribution is -2.31. The minimum atomic E-state index is -0.0922. The number of halogens is 1. The Morgan fingerprint density at radius 1 is 1.06 bits per heavy atom. The first-order chi connectivity index (χ1) is 15.0. The van der Waals surface area contributed by atoms with Gasteiger partial charge in [-0.1, -0.05) is 29.8 Å². The van der Waals surface area contributed by atoms with Crippen LogP contribution in [0.1, 0.15) is 10.4 Å². The van der Waals surface area contributed by atoms with Crippen molar-refractivity contribution in [3.63, 3.8) is 0 Å². The number of hydrogen-bond donors (Lipinski definition) is 2. The van der Waals surface area contributed by atoms with Crippen LogP contribution in [0.25, 0.3) is 16.9 Å². The number of pyridine rings is 1. The van der Waals surface area contributed by atoms with Crippen LogP contribution in [0.2, 0.25) is 5.02 Å². The van der Waals surface area contributed by atoms with Gasteiger partial charge in [0.25, 0.3) is 5.91 Å². The van der Waals surface area contributed by atoms with Crippen molar-refractivity contribution in [2.45, 2.75) is 0 Å². The number of carbonyl (C=O) groups excluding carboxylic acids is 1. The third-order valence-corrected chi connectivity index (χ3v) is 4.96. The van der Waals surface area contributed by atoms with Crippen molar-refractivity contribution in [1.29, 1.82) is 0 Å². The molecule has 0 aliphatic heterocycles. The van der Waals surface area contributed by atoms with Crippen LogP contribution in [0.15, 0.2) is 66.7 Å². The standard InChI is InChI=1S/C23H23ClN6O/c1-29(2)14-13-25-22(31)16-9-11-19(12-10-16)26-23-27-21-8-4-7-20(30(21)28-23)17-5-3-6-18(24)15-17/h3-12,15H,13-14H2,1-2H3,(H,25,31)(H,26,28). The molecule has 0 spiro atoms. The molecule has 7 nitrogen and oxygen atoms in total. The summed E-state index contributed by atoms with van der Waals surface area (Å²) in [6.07, 6.45) is 0. The van der Waals surface area contributed by atoms with Gasteiger partial charge in [0, 0.05) is 34.9 Å². The number of amides is 1. The number of fused-ring (bicyclic) bond motifs is 1. The van der Waals surface area contributed by atoms with Crippen LogP contribution in [0.4, 0.5) is 11.6 Å². The van der Waals surface area contributed by atoms with Gasteiger partial charge in [-0.2, -0.15) is 4.98 Å². The van der Waals surface area contributed by atoms with Crippen LogP contribution in [0, 0.1) is 0 Å². The smallest absolute Gasteiger partial charge is 0.251 e. The van der Waals surface area contributed by atoms with Gasteiger partial charge in [-0.25, -0.2) is 4.52 Å². The fraction of sp³-hybridized carbons (Fsp3) is 0.174. The summed E-state index contributed by atoms with van der Waals surface area (Å²) < 4.78 is 1.78. The van der Waals surface area contributed by atoms with Gasteiger partial charge < -0.3 is 15.5 Å². The lowest BCUT2D eigenvalue weighted by molar-refractivity contribution is 0.0951. The topological polar surface area (TPSA) is 74.6 Å². The summed E-state index contributed by atoms with van der Waals surface area (Å²) in [5.41, 5.74) is 3.97. The monoisotopic (exact) mass is 434 g/mol. The normalized spacial score (nSPS) is 11.1. The number of nitrogens with zero attached hydrogens (tertiary/aromatic N) is 4. The minimum absolute atomic E-state index is 0.0922. The molecule has 2 N–H and O–H groups in total. The van der Waals surface area contributed by atoms with E-state index in [9.17, 15) is 4.79 Å². The summed E-state index contributed by atoms with van der Waals surface area (Å²) in [6.45, 7) is 1.40. The average Bonchev–Trinajstić information content (AvgIpc) is 3.16. The third kappa shape index (κ3) is 5.02. The number of hydrogen-bond acceptors (Lipinski definition) is 5. The molecular formula is C23H23ClN6O. The van der Waals surface area contributed by atoms with Crippen molar-refractivity contribution in [2.75, 3.05) is 32.5 Å². The molecule has 0 saturated carbocycles. The molecule has 0 unspecified atom stereocenters. The summed E-state index contributed by atoms with van der Waals surface area (Å²) in [5, 5.41) is 11.4. The van der Waals surface area contributed by atoms with E-state index in [1.165, 1.54) is 0 Å². The zero-order chi connectivity index (χ0) is 21.8. The molecule has 2 heterocycles. The highest BCUT2D eigenvalue weighted by molar-refractivity contribution is 6.30. The zero-order valence-corrected chi connectivity index (χ0v) is 18.1. The second kappa shape index (κ2) is 9.16. The highest BCUT2D eigenvalue weighted by atomic mass is 35.5. The lowest BCUT2D eigenvalue weighted by Gasteiger charge is -2.10. The predicted molar refractivity (Wildman–Crippen MR) is 124 cm³/mol. The largest absolute Gasteiger partial charge is 0.351 e. The molecule has 8 heteroatoms. The van der Waals surface area contributed by atoms with Crippen molar-refractivity contribution in [1.82, 2.24) is 24.8 Å². The van der Waals surface area contributed by atoms with Crippen LogP contribution in [0.3, 0.4) is 0 Å². The first kappa shape index (κ1) is 20.8. The van der Waals surface area contributed by atoms with E-state index >= 15 is 0 Å². The molecule has 2 aromatic heterocycles. The Hall–Kier alpha value is -3.42. The first-order valence-electron chi connectivity index (χ1n) is 9.91. The molecule has 4 rings (SSSR count). The van der Waals surface area contributed by atoms with Gasteiger partial charge in [-0.05, 0) is 62.6 Å². The van der Waals surface area contributed by atoms with E-state index in [2.05, 4.69) is 20.7 Å². The van der Waals surface area contributed by atoms with Gasteiger partial charge in [-0.3, -0.25) is 4.79 Å². The van der Waals surface area contributed by atoms with Crippen LogP contribution in [-0.4, -0.2) is 52.6 Å². The summed E-state index contributed by atoms with van der Waals surface area (Å²) >= 11 is 6.15. The van der Waals surface area contributed by atoms with E-state index in [-0.39, 0.29) is 5.91 Å². The summed E-state index contributed by atoms with van der Waals surface area (Å²) in [5.74, 6) is 0.378. The fourth-order valence-corrected chi connectivity index (χ4v) is 3.34. The molecule has 0 fully saturated rings. The molecule has 1 amide bonds. The van der Waals surface area contributed by atoms with E-state index in [0.717, 1.165) is 29.1 Å². The van der Waals surface area contributed by atoms with Gasteiger partial charge in [0.1, 0.15) is 0 Å². The van der Waals surface area contributed by atoms with Crippen LogP contribution < -0.4 is 10.6 Å². The van der Waals surface area contributed by atoms with Gasteiger partial charge in [-0.15, -0.1) is 5.10 Å². The van der Waals surface area contributed by atoms with Crippen LogP contribution in [0.5, 0.6) is 0 Å². The molecule has 2 aromatic carbocycles. The molecule has 0 aliphatic carbocycles. The molecule has 0 saturated heterocycles. The Bertz CT molecular complexity index is 1200. The number of aromatic nitrogens is 3. The minimum Gasteiger partial charge on any atom is -0.351 e. The van der Waals surface area contributed by atoms with E-state index in [0.29, 0.717) is 23.1 Å². The maximum Gasteiger partial charge on any atom is 0.251 e. The van der Waals surface area contributed by atoms with Gasteiger partial charge in [0.15, 0.2) is 5.65 Å². The molecule has 0 bridgehead atoms. The van der Waals surface area contributed by atoms with Crippen LogP contribution >= 0.6 is 11.6 Å². The lowest BCUT2D eigenvalue weighted by atomic mass is 10.1. The average molecular weight is 435 g/mol. The Morgan fingerprint density at radius 3 is 2.58 bits per heavy atom. The number of benzene rings is 2. The highest BCUT2D eigenvalue weighted by Crippen LogP contribution is 2.24. The maximum absolute atomic E-state index is 12.2. The van der Waals surface area contributed by atoms with Crippen molar-refractivity contribution < 1.29 is 4.79 Å². The maximum atomic E-state index is 12.2.